The van der Waals surface area contributed by atoms with Crippen molar-refractivity contribution in [2.24, 2.45) is 0 Å². The summed E-state index contributed by atoms with van der Waals surface area (Å²) in [6, 6.07) is 0. The first-order chi connectivity index (χ1) is 5.73. The summed E-state index contributed by atoms with van der Waals surface area (Å²) in [5.74, 6) is -0.776. The Hall–Kier alpha value is -1.11. The Kier molecular flexibility index (Phi) is 3.42. The molecule has 2 N–H and O–H groups in total. The van der Waals surface area contributed by atoms with Gasteiger partial charge in [0.05, 0.1) is 0 Å². The molecule has 0 atom stereocenters. The fourth-order valence-electron chi connectivity index (χ4n) is 0.414. The number of hydrogen-bond acceptors (Lipinski definition) is 4. The molecule has 0 aromatic carbocycles. The molecule has 6 nitrogen and oxygen atoms in total. The highest BCUT2D eigenvalue weighted by atomic mass is 32.2. The summed E-state index contributed by atoms with van der Waals surface area (Å²) in [7, 11) is -3.50. The molecule has 13 heavy (non-hydrogen) atoms. The maximum atomic E-state index is 11.2. The van der Waals surface area contributed by atoms with E-state index in [4.69, 9.17) is 0 Å². The largest absolute Gasteiger partial charge is 0.277 e. The van der Waals surface area contributed by atoms with E-state index >= 15 is 0 Å². The molecule has 0 spiro atoms. The fraction of sp³-hybridized carbons (Fsp3) is 0.667. The molecule has 0 unspecified atom stereocenters. The Morgan fingerprint density at radius 3 is 2.15 bits per heavy atom. The molecule has 0 fully saturated rings. The second-order valence-corrected chi connectivity index (χ2v) is 5.56. The molecule has 0 saturated carbocycles. The molecular weight excluding hydrogens is 196 g/mol. The lowest BCUT2D eigenvalue weighted by Gasteiger charge is -2.20. The van der Waals surface area contributed by atoms with Crippen molar-refractivity contribution in [2.45, 2.75) is 18.6 Å². The van der Waals surface area contributed by atoms with Crippen LogP contribution in [0.3, 0.4) is 0 Å². The minimum absolute atomic E-state index is 0.246. The smallest absolute Gasteiger partial charge is 0.259 e. The van der Waals surface area contributed by atoms with E-state index in [1.807, 2.05) is 10.9 Å². The highest BCUT2D eigenvalue weighted by molar-refractivity contribution is 7.92. The molecule has 0 aromatic heterocycles. The molecule has 0 radical (unpaired) electrons. The summed E-state index contributed by atoms with van der Waals surface area (Å²) < 4.78 is 20.6. The maximum absolute atomic E-state index is 11.2. The van der Waals surface area contributed by atoms with Gasteiger partial charge in [0.1, 0.15) is 4.75 Å². The number of sulfone groups is 1. The Morgan fingerprint density at radius 1 is 1.38 bits per heavy atom. The van der Waals surface area contributed by atoms with Gasteiger partial charge in [0.2, 0.25) is 6.41 Å². The zero-order valence-corrected chi connectivity index (χ0v) is 8.44. The lowest BCUT2D eigenvalue weighted by atomic mass is 10.2. The third-order valence-electron chi connectivity index (χ3n) is 1.72. The zero-order valence-electron chi connectivity index (χ0n) is 7.62. The molecule has 2 amide bonds. The number of carbonyl (C=O) groups excluding carboxylic acids is 2. The van der Waals surface area contributed by atoms with E-state index in [1.54, 1.807) is 0 Å². The lowest BCUT2D eigenvalue weighted by Crippen LogP contribution is -2.51. The van der Waals surface area contributed by atoms with Gasteiger partial charge in [-0.3, -0.25) is 20.4 Å². The van der Waals surface area contributed by atoms with E-state index in [2.05, 4.69) is 0 Å². The fourth-order valence-corrected chi connectivity index (χ4v) is 0.802. The minimum Gasteiger partial charge on any atom is -0.277 e. The summed E-state index contributed by atoms with van der Waals surface area (Å²) in [6.45, 7) is 2.51. The van der Waals surface area contributed by atoms with Gasteiger partial charge in [-0.2, -0.15) is 0 Å². The van der Waals surface area contributed by atoms with E-state index in [1.165, 1.54) is 13.8 Å². The number of carbonyl (C=O) groups is 2. The molecule has 0 rings (SSSR count). The third kappa shape index (κ3) is 2.69. The Labute approximate surface area is 76.6 Å². The van der Waals surface area contributed by atoms with Crippen molar-refractivity contribution in [2.75, 3.05) is 6.26 Å². The summed E-state index contributed by atoms with van der Waals surface area (Å²) in [5.41, 5.74) is 3.82. The Balaban J connectivity index is 4.65. The molecule has 0 aliphatic heterocycles. The summed E-state index contributed by atoms with van der Waals surface area (Å²) in [5, 5.41) is 0. The second kappa shape index (κ2) is 3.73. The summed E-state index contributed by atoms with van der Waals surface area (Å²) >= 11 is 0. The highest BCUT2D eigenvalue weighted by Crippen LogP contribution is 2.14. The van der Waals surface area contributed by atoms with Gasteiger partial charge in [-0.1, -0.05) is 0 Å². The molecule has 0 aliphatic carbocycles. The van der Waals surface area contributed by atoms with Gasteiger partial charge < -0.3 is 0 Å². The molecule has 0 aromatic rings. The van der Waals surface area contributed by atoms with Crippen LogP contribution in [0.1, 0.15) is 13.8 Å². The SMILES string of the molecule is CC(C)(C(=O)NNC=O)S(C)(=O)=O. The van der Waals surface area contributed by atoms with Crippen LogP contribution in [0.25, 0.3) is 0 Å². The van der Waals surface area contributed by atoms with Crippen molar-refractivity contribution < 1.29 is 18.0 Å². The molecule has 7 heteroatoms. The van der Waals surface area contributed by atoms with Gasteiger partial charge in [-0.15, -0.1) is 0 Å². The molecule has 0 bridgehead atoms. The van der Waals surface area contributed by atoms with E-state index in [-0.39, 0.29) is 6.41 Å². The summed E-state index contributed by atoms with van der Waals surface area (Å²) in [6.07, 6.45) is 1.20. The number of hydrogen-bond donors (Lipinski definition) is 2. The Morgan fingerprint density at radius 2 is 1.85 bits per heavy atom. The number of nitrogens with one attached hydrogen (secondary N) is 2. The number of hydrazine groups is 1. The van der Waals surface area contributed by atoms with Crippen LogP contribution in [0.15, 0.2) is 0 Å². The van der Waals surface area contributed by atoms with Crippen LogP contribution in [0, 0.1) is 0 Å². The van der Waals surface area contributed by atoms with E-state index in [0.29, 0.717) is 0 Å². The van der Waals surface area contributed by atoms with Gasteiger partial charge in [0.25, 0.3) is 5.91 Å². The average Bonchev–Trinajstić information content (AvgIpc) is 1.97. The predicted octanol–water partition coefficient (Wildman–Crippen LogP) is -1.41. The number of amides is 2. The molecule has 0 aliphatic rings. The molecule has 0 saturated heterocycles. The van der Waals surface area contributed by atoms with Gasteiger partial charge in [-0.05, 0) is 13.8 Å². The molecular formula is C6H12N2O4S. The molecule has 0 heterocycles. The van der Waals surface area contributed by atoms with Crippen LogP contribution >= 0.6 is 0 Å². The number of rotatable bonds is 4. The summed E-state index contributed by atoms with van der Waals surface area (Å²) in [4.78, 5) is 21.0. The monoisotopic (exact) mass is 208 g/mol. The van der Waals surface area contributed by atoms with Crippen molar-refractivity contribution in [3.63, 3.8) is 0 Å². The van der Waals surface area contributed by atoms with Crippen molar-refractivity contribution in [3.8, 4) is 0 Å². The van der Waals surface area contributed by atoms with Crippen molar-refractivity contribution in [3.05, 3.63) is 0 Å². The average molecular weight is 208 g/mol. The van der Waals surface area contributed by atoms with E-state index < -0.39 is 20.5 Å². The maximum Gasteiger partial charge on any atom is 0.259 e. The van der Waals surface area contributed by atoms with Crippen LogP contribution in [0.2, 0.25) is 0 Å². The quantitative estimate of drug-likeness (QED) is 0.438. The first-order valence-corrected chi connectivity index (χ1v) is 5.32. The van der Waals surface area contributed by atoms with Gasteiger partial charge in [-0.25, -0.2) is 8.42 Å². The third-order valence-corrected chi connectivity index (χ3v) is 3.76. The standard InChI is InChI=1S/C6H12N2O4S/c1-6(2,13(3,11)12)5(10)8-7-4-9/h4H,1-3H3,(H,7,9)(H,8,10). The van der Waals surface area contributed by atoms with Gasteiger partial charge in [0.15, 0.2) is 9.84 Å². The second-order valence-electron chi connectivity index (χ2n) is 3.00. The first-order valence-electron chi connectivity index (χ1n) is 3.42. The highest BCUT2D eigenvalue weighted by Gasteiger charge is 2.38. The predicted molar refractivity (Wildman–Crippen MR) is 46.3 cm³/mol. The topological polar surface area (TPSA) is 92.3 Å². The van der Waals surface area contributed by atoms with Crippen molar-refractivity contribution >= 4 is 22.2 Å². The molecule has 76 valence electrons. The van der Waals surface area contributed by atoms with E-state index in [0.717, 1.165) is 6.26 Å². The van der Waals surface area contributed by atoms with Crippen molar-refractivity contribution in [1.29, 1.82) is 0 Å². The minimum atomic E-state index is -3.50. The van der Waals surface area contributed by atoms with Crippen molar-refractivity contribution in [1.82, 2.24) is 10.9 Å². The lowest BCUT2D eigenvalue weighted by molar-refractivity contribution is -0.126. The van der Waals surface area contributed by atoms with Gasteiger partial charge >= 0.3 is 0 Å². The van der Waals surface area contributed by atoms with Crippen LogP contribution < -0.4 is 10.9 Å². The van der Waals surface area contributed by atoms with E-state index in [9.17, 15) is 18.0 Å². The van der Waals surface area contributed by atoms with Crippen LogP contribution in [0.5, 0.6) is 0 Å². The van der Waals surface area contributed by atoms with Crippen LogP contribution in [-0.2, 0) is 19.4 Å². The zero-order chi connectivity index (χ0) is 10.7. The normalized spacial score (nSPS) is 11.9. The first kappa shape index (κ1) is 11.9. The Bertz CT molecular complexity index is 307. The van der Waals surface area contributed by atoms with Gasteiger partial charge in [0, 0.05) is 6.26 Å². The van der Waals surface area contributed by atoms with Crippen LogP contribution in [-0.4, -0.2) is 31.7 Å². The van der Waals surface area contributed by atoms with Crippen LogP contribution in [0.4, 0.5) is 0 Å².